The van der Waals surface area contributed by atoms with Gasteiger partial charge in [0, 0.05) is 6.54 Å². The summed E-state index contributed by atoms with van der Waals surface area (Å²) in [5.74, 6) is 1.88. The molecule has 7 nitrogen and oxygen atoms in total. The summed E-state index contributed by atoms with van der Waals surface area (Å²) in [6.45, 7) is 0.554. The van der Waals surface area contributed by atoms with E-state index in [9.17, 15) is 4.79 Å². The van der Waals surface area contributed by atoms with E-state index < -0.39 is 0 Å². The summed E-state index contributed by atoms with van der Waals surface area (Å²) in [6.07, 6.45) is 1.38. The average Bonchev–Trinajstić information content (AvgIpc) is 3.07. The fourth-order valence-corrected chi connectivity index (χ4v) is 2.13. The Labute approximate surface area is 134 Å². The van der Waals surface area contributed by atoms with E-state index in [1.165, 1.54) is 13.4 Å². The number of carbonyl (C=O) groups is 1. The zero-order chi connectivity index (χ0) is 16.8. The summed E-state index contributed by atoms with van der Waals surface area (Å²) in [7, 11) is 4.62. The Morgan fingerprint density at radius 1 is 1.13 bits per heavy atom. The van der Waals surface area contributed by atoms with Gasteiger partial charge in [-0.1, -0.05) is 0 Å². The number of carbonyl (C=O) groups excluding carboxylic acids is 1. The molecule has 124 valence electrons. The Balaban J connectivity index is 2.12. The second-order valence-corrected chi connectivity index (χ2v) is 4.72. The van der Waals surface area contributed by atoms with Crippen LogP contribution >= 0.6 is 0 Å². The molecule has 1 heterocycles. The number of rotatable bonds is 7. The molecule has 2 rings (SSSR count). The van der Waals surface area contributed by atoms with E-state index in [4.69, 9.17) is 24.4 Å². The number of nitrogens with two attached hydrogens (primary N) is 1. The largest absolute Gasteiger partial charge is 0.493 e. The molecule has 1 aromatic heterocycles. The summed E-state index contributed by atoms with van der Waals surface area (Å²) in [4.78, 5) is 12.1. The molecule has 0 atom stereocenters. The van der Waals surface area contributed by atoms with Gasteiger partial charge in [0.2, 0.25) is 5.75 Å². The molecule has 0 aliphatic rings. The molecule has 0 saturated carbocycles. The van der Waals surface area contributed by atoms with E-state index in [0.717, 1.165) is 5.56 Å². The van der Waals surface area contributed by atoms with Crippen molar-refractivity contribution < 1.29 is 23.4 Å². The highest BCUT2D eigenvalue weighted by Gasteiger charge is 2.14. The zero-order valence-corrected chi connectivity index (χ0v) is 13.3. The van der Waals surface area contributed by atoms with Gasteiger partial charge in [-0.25, -0.2) is 0 Å². The molecule has 1 amide bonds. The van der Waals surface area contributed by atoms with Gasteiger partial charge in [0.1, 0.15) is 12.0 Å². The Kier molecular flexibility index (Phi) is 5.48. The third kappa shape index (κ3) is 3.75. The van der Waals surface area contributed by atoms with Gasteiger partial charge in [-0.15, -0.1) is 0 Å². The Hall–Kier alpha value is -2.67. The van der Waals surface area contributed by atoms with Crippen LogP contribution in [0.3, 0.4) is 0 Å². The lowest BCUT2D eigenvalue weighted by atomic mass is 10.1. The third-order valence-electron chi connectivity index (χ3n) is 3.29. The highest BCUT2D eigenvalue weighted by Crippen LogP contribution is 2.38. The lowest BCUT2D eigenvalue weighted by molar-refractivity contribution is 0.0950. The maximum Gasteiger partial charge on any atom is 0.254 e. The van der Waals surface area contributed by atoms with Crippen LogP contribution in [0.25, 0.3) is 0 Å². The predicted molar refractivity (Wildman–Crippen MR) is 83.9 cm³/mol. The minimum atomic E-state index is -0.248. The van der Waals surface area contributed by atoms with Gasteiger partial charge < -0.3 is 29.7 Å². The zero-order valence-electron chi connectivity index (χ0n) is 13.3. The van der Waals surface area contributed by atoms with Crippen molar-refractivity contribution in [1.82, 2.24) is 5.32 Å². The standard InChI is InChI=1S/C16H20N2O5/c1-20-13-4-10(5-14(21-2)15(13)22-3)8-18-16(19)11-6-12(7-17)23-9-11/h4-6,9H,7-8,17H2,1-3H3,(H,18,19). The first kappa shape index (κ1) is 16.7. The van der Waals surface area contributed by atoms with E-state index in [-0.39, 0.29) is 12.5 Å². The highest BCUT2D eigenvalue weighted by atomic mass is 16.5. The molecule has 7 heteroatoms. The minimum Gasteiger partial charge on any atom is -0.493 e. The lowest BCUT2D eigenvalue weighted by Crippen LogP contribution is -2.22. The summed E-state index contributed by atoms with van der Waals surface area (Å²) >= 11 is 0. The number of ether oxygens (including phenoxy) is 3. The maximum atomic E-state index is 12.1. The monoisotopic (exact) mass is 320 g/mol. The summed E-state index contributed by atoms with van der Waals surface area (Å²) in [5.41, 5.74) is 6.70. The first-order valence-corrected chi connectivity index (χ1v) is 6.97. The van der Waals surface area contributed by atoms with Crippen molar-refractivity contribution in [2.45, 2.75) is 13.1 Å². The van der Waals surface area contributed by atoms with Gasteiger partial charge in [0.05, 0.1) is 33.4 Å². The number of methoxy groups -OCH3 is 3. The van der Waals surface area contributed by atoms with Crippen LogP contribution in [-0.2, 0) is 13.1 Å². The molecule has 0 aliphatic carbocycles. The van der Waals surface area contributed by atoms with Gasteiger partial charge in [-0.05, 0) is 23.8 Å². The molecule has 0 spiro atoms. The molecule has 1 aromatic carbocycles. The molecular weight excluding hydrogens is 300 g/mol. The van der Waals surface area contributed by atoms with E-state index in [1.807, 2.05) is 0 Å². The van der Waals surface area contributed by atoms with E-state index in [2.05, 4.69) is 5.32 Å². The second kappa shape index (κ2) is 7.55. The lowest BCUT2D eigenvalue weighted by Gasteiger charge is -2.14. The minimum absolute atomic E-state index is 0.248. The van der Waals surface area contributed by atoms with Gasteiger partial charge in [0.25, 0.3) is 5.91 Å². The summed E-state index contributed by atoms with van der Waals surface area (Å²) in [6, 6.07) is 5.18. The van der Waals surface area contributed by atoms with Crippen LogP contribution in [0.2, 0.25) is 0 Å². The van der Waals surface area contributed by atoms with Crippen molar-refractivity contribution in [3.8, 4) is 17.2 Å². The van der Waals surface area contributed by atoms with Crippen LogP contribution in [0.15, 0.2) is 28.9 Å². The van der Waals surface area contributed by atoms with Gasteiger partial charge in [-0.2, -0.15) is 0 Å². The second-order valence-electron chi connectivity index (χ2n) is 4.72. The van der Waals surface area contributed by atoms with Crippen LogP contribution in [0.4, 0.5) is 0 Å². The number of furan rings is 1. The number of hydrogen-bond acceptors (Lipinski definition) is 6. The number of nitrogens with one attached hydrogen (secondary N) is 1. The van der Waals surface area contributed by atoms with Gasteiger partial charge in [-0.3, -0.25) is 4.79 Å². The molecule has 2 aromatic rings. The number of amides is 1. The Morgan fingerprint density at radius 3 is 2.26 bits per heavy atom. The van der Waals surface area contributed by atoms with Crippen molar-refractivity contribution in [3.63, 3.8) is 0 Å². The van der Waals surface area contributed by atoms with Crippen molar-refractivity contribution in [2.75, 3.05) is 21.3 Å². The van der Waals surface area contributed by atoms with Crippen LogP contribution in [0.1, 0.15) is 21.7 Å². The number of hydrogen-bond donors (Lipinski definition) is 2. The van der Waals surface area contributed by atoms with E-state index in [0.29, 0.717) is 35.1 Å². The highest BCUT2D eigenvalue weighted by molar-refractivity contribution is 5.93. The SMILES string of the molecule is COc1cc(CNC(=O)c2coc(CN)c2)cc(OC)c1OC. The van der Waals surface area contributed by atoms with Crippen LogP contribution in [0.5, 0.6) is 17.2 Å². The maximum absolute atomic E-state index is 12.1. The quantitative estimate of drug-likeness (QED) is 0.806. The Bertz CT molecular complexity index is 656. The molecule has 0 aliphatic heterocycles. The Morgan fingerprint density at radius 2 is 1.78 bits per heavy atom. The van der Waals surface area contributed by atoms with Crippen LogP contribution in [0, 0.1) is 0 Å². The summed E-state index contributed by atoms with van der Waals surface area (Å²) in [5, 5.41) is 2.80. The molecular formula is C16H20N2O5. The molecule has 0 fully saturated rings. The van der Waals surface area contributed by atoms with E-state index >= 15 is 0 Å². The molecule has 0 bridgehead atoms. The van der Waals surface area contributed by atoms with Crippen molar-refractivity contribution >= 4 is 5.91 Å². The molecule has 0 radical (unpaired) electrons. The normalized spacial score (nSPS) is 10.3. The predicted octanol–water partition coefficient (Wildman–Crippen LogP) is 1.69. The third-order valence-corrected chi connectivity index (χ3v) is 3.29. The van der Waals surface area contributed by atoms with Crippen molar-refractivity contribution in [2.24, 2.45) is 5.73 Å². The van der Waals surface area contributed by atoms with Gasteiger partial charge in [0.15, 0.2) is 11.5 Å². The van der Waals surface area contributed by atoms with Crippen LogP contribution < -0.4 is 25.3 Å². The smallest absolute Gasteiger partial charge is 0.254 e. The molecule has 0 saturated heterocycles. The van der Waals surface area contributed by atoms with Crippen LogP contribution in [-0.4, -0.2) is 27.2 Å². The fraction of sp³-hybridized carbons (Fsp3) is 0.312. The average molecular weight is 320 g/mol. The molecule has 0 unspecified atom stereocenters. The fourth-order valence-electron chi connectivity index (χ4n) is 2.13. The van der Waals surface area contributed by atoms with Gasteiger partial charge >= 0.3 is 0 Å². The van der Waals surface area contributed by atoms with Crippen molar-refractivity contribution in [3.05, 3.63) is 41.3 Å². The summed E-state index contributed by atoms with van der Waals surface area (Å²) < 4.78 is 21.0. The first-order chi connectivity index (χ1) is 11.1. The first-order valence-electron chi connectivity index (χ1n) is 6.97. The topological polar surface area (TPSA) is 96.0 Å². The van der Waals surface area contributed by atoms with E-state index in [1.54, 1.807) is 32.4 Å². The molecule has 23 heavy (non-hydrogen) atoms. The van der Waals surface area contributed by atoms with Crippen molar-refractivity contribution in [1.29, 1.82) is 0 Å². The molecule has 3 N–H and O–H groups in total. The number of benzene rings is 1.